The molecule has 1 aromatic heterocycles. The summed E-state index contributed by atoms with van der Waals surface area (Å²) >= 11 is 0. The van der Waals surface area contributed by atoms with Gasteiger partial charge >= 0.3 is 5.97 Å². The molecule has 0 saturated heterocycles. The number of hydrogen-bond acceptors (Lipinski definition) is 4. The molecule has 0 spiro atoms. The third-order valence-electron chi connectivity index (χ3n) is 4.18. The van der Waals surface area contributed by atoms with Crippen LogP contribution in [0.4, 0.5) is 10.1 Å². The van der Waals surface area contributed by atoms with Crippen molar-refractivity contribution < 1.29 is 18.7 Å². The van der Waals surface area contributed by atoms with Crippen LogP contribution in [0.15, 0.2) is 60.3 Å². The van der Waals surface area contributed by atoms with Gasteiger partial charge in [0, 0.05) is 28.4 Å². The van der Waals surface area contributed by atoms with Gasteiger partial charge in [0.15, 0.2) is 0 Å². The van der Waals surface area contributed by atoms with Crippen LogP contribution in [-0.4, -0.2) is 23.1 Å². The fraction of sp³-hybridized carbons (Fsp3) is 0.136. The first kappa shape index (κ1) is 19.8. The molecule has 0 fully saturated rings. The van der Waals surface area contributed by atoms with E-state index in [9.17, 15) is 19.2 Å². The van der Waals surface area contributed by atoms with Crippen LogP contribution in [0, 0.1) is 17.1 Å². The maximum absolute atomic E-state index is 13.0. The summed E-state index contributed by atoms with van der Waals surface area (Å²) in [4.78, 5) is 24.3. The molecule has 3 rings (SSSR count). The number of fused-ring (bicyclic) bond motifs is 1. The molecule has 146 valence electrons. The van der Waals surface area contributed by atoms with Crippen LogP contribution in [0.1, 0.15) is 12.5 Å². The number of ether oxygens (including phenoxy) is 1. The van der Waals surface area contributed by atoms with Crippen LogP contribution in [0.25, 0.3) is 17.0 Å². The number of rotatable bonds is 6. The Balaban J connectivity index is 1.89. The van der Waals surface area contributed by atoms with Gasteiger partial charge in [-0.3, -0.25) is 4.79 Å². The summed E-state index contributed by atoms with van der Waals surface area (Å²) in [6, 6.07) is 14.7. The predicted molar refractivity (Wildman–Crippen MR) is 107 cm³/mol. The number of benzene rings is 2. The molecule has 0 aliphatic heterocycles. The van der Waals surface area contributed by atoms with Crippen molar-refractivity contribution in [1.82, 2.24) is 4.57 Å². The highest BCUT2D eigenvalue weighted by atomic mass is 19.1. The molecule has 2 aromatic carbocycles. The average molecular weight is 391 g/mol. The largest absolute Gasteiger partial charge is 0.462 e. The fourth-order valence-electron chi connectivity index (χ4n) is 2.91. The van der Waals surface area contributed by atoms with Crippen molar-refractivity contribution in [2.45, 2.75) is 13.5 Å². The standard InChI is InChI=1S/C22H18FN3O3/c1-2-29-22(28)15(12-24)11-16-13-26(20-6-4-3-5-19(16)20)14-21(27)25-18-9-7-17(23)8-10-18/h3-11,13H,2,14H2,1H3,(H,25,27). The van der Waals surface area contributed by atoms with Crippen molar-refractivity contribution in [3.63, 3.8) is 0 Å². The van der Waals surface area contributed by atoms with Crippen LogP contribution in [-0.2, 0) is 20.9 Å². The van der Waals surface area contributed by atoms with Crippen LogP contribution in [0.3, 0.4) is 0 Å². The van der Waals surface area contributed by atoms with Crippen LogP contribution < -0.4 is 5.32 Å². The Labute approximate surface area is 166 Å². The SMILES string of the molecule is CCOC(=O)C(C#N)=Cc1cn(CC(=O)Nc2ccc(F)cc2)c2ccccc12. The Morgan fingerprint density at radius 3 is 2.62 bits per heavy atom. The van der Waals surface area contributed by atoms with E-state index in [-0.39, 0.29) is 30.4 Å². The number of para-hydroxylation sites is 1. The first-order valence-corrected chi connectivity index (χ1v) is 8.94. The van der Waals surface area contributed by atoms with Gasteiger partial charge in [-0.05, 0) is 43.3 Å². The second kappa shape index (κ2) is 8.85. The zero-order valence-corrected chi connectivity index (χ0v) is 15.7. The number of esters is 1. The second-order valence-electron chi connectivity index (χ2n) is 6.17. The Bertz CT molecular complexity index is 1120. The number of aromatic nitrogens is 1. The smallest absolute Gasteiger partial charge is 0.348 e. The summed E-state index contributed by atoms with van der Waals surface area (Å²) < 4.78 is 19.6. The monoisotopic (exact) mass is 391 g/mol. The lowest BCUT2D eigenvalue weighted by Crippen LogP contribution is -2.18. The van der Waals surface area contributed by atoms with Gasteiger partial charge in [-0.25, -0.2) is 9.18 Å². The Hall–Kier alpha value is -3.92. The minimum absolute atomic E-state index is 0.00697. The van der Waals surface area contributed by atoms with Gasteiger partial charge in [0.2, 0.25) is 5.91 Å². The van der Waals surface area contributed by atoms with Crippen molar-refractivity contribution in [1.29, 1.82) is 5.26 Å². The molecule has 0 saturated carbocycles. The number of carbonyl (C=O) groups excluding carboxylic acids is 2. The molecule has 0 bridgehead atoms. The fourth-order valence-corrected chi connectivity index (χ4v) is 2.91. The minimum atomic E-state index is -0.694. The summed E-state index contributed by atoms with van der Waals surface area (Å²) in [6.07, 6.45) is 3.15. The number of halogens is 1. The Morgan fingerprint density at radius 2 is 1.93 bits per heavy atom. The van der Waals surface area contributed by atoms with Gasteiger partial charge in [-0.1, -0.05) is 18.2 Å². The Kier molecular flexibility index (Phi) is 6.05. The number of anilines is 1. The summed E-state index contributed by atoms with van der Waals surface area (Å²) in [6.45, 7) is 1.84. The number of carbonyl (C=O) groups is 2. The molecule has 0 atom stereocenters. The van der Waals surface area contributed by atoms with E-state index >= 15 is 0 Å². The molecule has 1 amide bonds. The number of amides is 1. The first-order valence-electron chi connectivity index (χ1n) is 8.94. The van der Waals surface area contributed by atoms with Crippen molar-refractivity contribution in [3.8, 4) is 6.07 Å². The molecule has 1 heterocycles. The van der Waals surface area contributed by atoms with E-state index in [0.717, 1.165) is 10.9 Å². The predicted octanol–water partition coefficient (Wildman–Crippen LogP) is 3.89. The van der Waals surface area contributed by atoms with Gasteiger partial charge in [0.25, 0.3) is 0 Å². The van der Waals surface area contributed by atoms with Crippen molar-refractivity contribution in [2.24, 2.45) is 0 Å². The van der Waals surface area contributed by atoms with Crippen molar-refractivity contribution in [3.05, 3.63) is 71.7 Å². The molecule has 0 aliphatic rings. The Morgan fingerprint density at radius 1 is 1.21 bits per heavy atom. The van der Waals surface area contributed by atoms with E-state index in [4.69, 9.17) is 4.74 Å². The maximum atomic E-state index is 13.0. The van der Waals surface area contributed by atoms with E-state index < -0.39 is 5.97 Å². The number of hydrogen-bond donors (Lipinski definition) is 1. The molecule has 29 heavy (non-hydrogen) atoms. The summed E-state index contributed by atoms with van der Waals surface area (Å²) in [5.41, 5.74) is 1.77. The molecule has 0 radical (unpaired) electrons. The molecular weight excluding hydrogens is 373 g/mol. The molecule has 6 nitrogen and oxygen atoms in total. The highest BCUT2D eigenvalue weighted by Crippen LogP contribution is 2.24. The van der Waals surface area contributed by atoms with Crippen molar-refractivity contribution in [2.75, 3.05) is 11.9 Å². The molecule has 3 aromatic rings. The topological polar surface area (TPSA) is 84.1 Å². The lowest BCUT2D eigenvalue weighted by molar-refractivity contribution is -0.137. The van der Waals surface area contributed by atoms with Gasteiger partial charge in [-0.2, -0.15) is 5.26 Å². The second-order valence-corrected chi connectivity index (χ2v) is 6.17. The zero-order valence-electron chi connectivity index (χ0n) is 15.7. The zero-order chi connectivity index (χ0) is 20.8. The normalized spacial score (nSPS) is 11.1. The molecule has 1 N–H and O–H groups in total. The van der Waals surface area contributed by atoms with E-state index in [2.05, 4.69) is 5.32 Å². The number of nitrogens with one attached hydrogen (secondary N) is 1. The quantitative estimate of drug-likeness (QED) is 0.393. The van der Waals surface area contributed by atoms with E-state index in [1.54, 1.807) is 17.7 Å². The minimum Gasteiger partial charge on any atom is -0.462 e. The van der Waals surface area contributed by atoms with Gasteiger partial charge < -0.3 is 14.6 Å². The lowest BCUT2D eigenvalue weighted by atomic mass is 10.1. The van der Waals surface area contributed by atoms with Crippen molar-refractivity contribution >= 4 is 34.5 Å². The summed E-state index contributed by atoms with van der Waals surface area (Å²) in [5.74, 6) is -1.37. The lowest BCUT2D eigenvalue weighted by Gasteiger charge is -2.07. The first-order chi connectivity index (χ1) is 14.0. The molecule has 7 heteroatoms. The highest BCUT2D eigenvalue weighted by Gasteiger charge is 2.14. The summed E-state index contributed by atoms with van der Waals surface area (Å²) in [5, 5.41) is 12.8. The maximum Gasteiger partial charge on any atom is 0.348 e. The van der Waals surface area contributed by atoms with Crippen LogP contribution >= 0.6 is 0 Å². The molecule has 0 unspecified atom stereocenters. The van der Waals surface area contributed by atoms with E-state index in [1.165, 1.54) is 30.3 Å². The third kappa shape index (κ3) is 4.68. The van der Waals surface area contributed by atoms with Gasteiger partial charge in [-0.15, -0.1) is 0 Å². The van der Waals surface area contributed by atoms with Crippen LogP contribution in [0.5, 0.6) is 0 Å². The van der Waals surface area contributed by atoms with Gasteiger partial charge in [0.1, 0.15) is 24.0 Å². The number of nitrogens with zero attached hydrogens (tertiary/aromatic N) is 2. The van der Waals surface area contributed by atoms with Gasteiger partial charge in [0.05, 0.1) is 6.61 Å². The average Bonchev–Trinajstić information content (AvgIpc) is 3.05. The molecular formula is C22H18FN3O3. The number of nitriles is 1. The molecule has 0 aliphatic carbocycles. The summed E-state index contributed by atoms with van der Waals surface area (Å²) in [7, 11) is 0. The van der Waals surface area contributed by atoms with Crippen LogP contribution in [0.2, 0.25) is 0 Å². The highest BCUT2D eigenvalue weighted by molar-refractivity contribution is 6.01. The van der Waals surface area contributed by atoms with E-state index in [1.807, 2.05) is 30.3 Å². The van der Waals surface area contributed by atoms with E-state index in [0.29, 0.717) is 11.3 Å². The third-order valence-corrected chi connectivity index (χ3v) is 4.18.